The van der Waals surface area contributed by atoms with Crippen LogP contribution in [0.15, 0.2) is 46.1 Å². The summed E-state index contributed by atoms with van der Waals surface area (Å²) in [6.45, 7) is 0. The van der Waals surface area contributed by atoms with Gasteiger partial charge in [-0.05, 0) is 65.9 Å². The molecule has 2 N–H and O–H groups in total. The van der Waals surface area contributed by atoms with Crippen LogP contribution in [0, 0.1) is 0 Å². The number of aromatic nitrogens is 3. The second-order valence-electron chi connectivity index (χ2n) is 6.09. The third-order valence-corrected chi connectivity index (χ3v) is 4.96. The second kappa shape index (κ2) is 8.05. The van der Waals surface area contributed by atoms with Crippen molar-refractivity contribution in [2.75, 3.05) is 5.32 Å². The molecule has 26 heavy (non-hydrogen) atoms. The van der Waals surface area contributed by atoms with Gasteiger partial charge in [-0.25, -0.2) is 9.97 Å². The molecule has 0 spiro atoms. The Hall–Kier alpha value is -2.12. The van der Waals surface area contributed by atoms with Gasteiger partial charge in [0, 0.05) is 11.9 Å². The first-order valence-corrected chi connectivity index (χ1v) is 9.05. The van der Waals surface area contributed by atoms with Gasteiger partial charge in [-0.2, -0.15) is 0 Å². The molecule has 136 valence electrons. The predicted octanol–water partition coefficient (Wildman–Crippen LogP) is 4.57. The summed E-state index contributed by atoms with van der Waals surface area (Å²) in [6, 6.07) is 7.71. The largest absolute Gasteiger partial charge is 0.490 e. The molecule has 1 aliphatic carbocycles. The number of nitrogens with one attached hydrogen (secondary N) is 2. The van der Waals surface area contributed by atoms with E-state index in [1.54, 1.807) is 6.20 Å². The van der Waals surface area contributed by atoms with E-state index in [1.807, 2.05) is 24.3 Å². The van der Waals surface area contributed by atoms with E-state index in [0.717, 1.165) is 24.3 Å². The van der Waals surface area contributed by atoms with Crippen LogP contribution in [0.2, 0.25) is 0 Å². The molecular weight excluding hydrogens is 420 g/mol. The highest BCUT2D eigenvalue weighted by atomic mass is 79.9. The van der Waals surface area contributed by atoms with Gasteiger partial charge in [-0.15, -0.1) is 12.4 Å². The third kappa shape index (κ3) is 3.83. The lowest BCUT2D eigenvalue weighted by Gasteiger charge is -2.14. The molecule has 0 saturated heterocycles. The molecule has 1 fully saturated rings. The Morgan fingerprint density at radius 2 is 1.88 bits per heavy atom. The Morgan fingerprint density at radius 1 is 1.15 bits per heavy atom. The maximum absolute atomic E-state index is 12.2. The average molecular weight is 438 g/mol. The highest BCUT2D eigenvalue weighted by Crippen LogP contribution is 2.27. The highest BCUT2D eigenvalue weighted by Gasteiger charge is 2.16. The van der Waals surface area contributed by atoms with E-state index in [4.69, 9.17) is 4.74 Å². The molecule has 0 amide bonds. The van der Waals surface area contributed by atoms with Gasteiger partial charge in [0.25, 0.3) is 5.56 Å². The Bertz CT molecular complexity index is 956. The Labute approximate surface area is 164 Å². The Morgan fingerprint density at radius 3 is 2.62 bits per heavy atom. The maximum Gasteiger partial charge on any atom is 0.261 e. The van der Waals surface area contributed by atoms with Crippen molar-refractivity contribution in [1.29, 1.82) is 0 Å². The van der Waals surface area contributed by atoms with Gasteiger partial charge in [-0.3, -0.25) is 4.79 Å². The van der Waals surface area contributed by atoms with E-state index in [0.29, 0.717) is 27.3 Å². The van der Waals surface area contributed by atoms with E-state index in [-0.39, 0.29) is 18.0 Å². The van der Waals surface area contributed by atoms with E-state index >= 15 is 0 Å². The van der Waals surface area contributed by atoms with Crippen LogP contribution in [-0.2, 0) is 0 Å². The van der Waals surface area contributed by atoms with Gasteiger partial charge in [0.05, 0.1) is 16.1 Å². The number of anilines is 2. The van der Waals surface area contributed by atoms with Crippen molar-refractivity contribution in [3.05, 3.63) is 51.6 Å². The quantitative estimate of drug-likeness (QED) is 0.625. The summed E-state index contributed by atoms with van der Waals surface area (Å²) in [5.74, 6) is 1.34. The summed E-state index contributed by atoms with van der Waals surface area (Å²) < 4.78 is 6.69. The number of benzene rings is 1. The summed E-state index contributed by atoms with van der Waals surface area (Å²) in [6.07, 6.45) is 8.10. The molecule has 0 aliphatic heterocycles. The number of ether oxygens (including phenoxy) is 1. The van der Waals surface area contributed by atoms with E-state index in [2.05, 4.69) is 36.2 Å². The Balaban J connectivity index is 0.00000196. The zero-order valence-electron chi connectivity index (χ0n) is 13.9. The molecule has 8 heteroatoms. The molecule has 1 saturated carbocycles. The van der Waals surface area contributed by atoms with Crippen molar-refractivity contribution in [1.82, 2.24) is 15.0 Å². The van der Waals surface area contributed by atoms with Crippen LogP contribution >= 0.6 is 28.3 Å². The van der Waals surface area contributed by atoms with Gasteiger partial charge < -0.3 is 15.0 Å². The zero-order valence-corrected chi connectivity index (χ0v) is 16.3. The normalized spacial score (nSPS) is 14.2. The lowest BCUT2D eigenvalue weighted by atomic mass is 10.2. The molecule has 0 atom stereocenters. The molecule has 2 heterocycles. The van der Waals surface area contributed by atoms with E-state index < -0.39 is 0 Å². The van der Waals surface area contributed by atoms with Crippen LogP contribution in [0.5, 0.6) is 5.75 Å². The number of aromatic amines is 1. The average Bonchev–Trinajstić information content (AvgIpc) is 3.13. The summed E-state index contributed by atoms with van der Waals surface area (Å²) in [5, 5.41) is 3.61. The minimum atomic E-state index is -0.234. The fourth-order valence-electron chi connectivity index (χ4n) is 3.10. The summed E-state index contributed by atoms with van der Waals surface area (Å²) >= 11 is 3.40. The van der Waals surface area contributed by atoms with Gasteiger partial charge in [0.2, 0.25) is 0 Å². The van der Waals surface area contributed by atoms with E-state index in [1.165, 1.54) is 19.2 Å². The Kier molecular flexibility index (Phi) is 5.78. The lowest BCUT2D eigenvalue weighted by Crippen LogP contribution is -2.11. The summed E-state index contributed by atoms with van der Waals surface area (Å²) in [5.41, 5.74) is 1.17. The van der Waals surface area contributed by atoms with Crippen LogP contribution in [0.25, 0.3) is 10.9 Å². The minimum Gasteiger partial charge on any atom is -0.490 e. The predicted molar refractivity (Wildman–Crippen MR) is 108 cm³/mol. The molecule has 0 unspecified atom stereocenters. The minimum absolute atomic E-state index is 0. The fraction of sp³-hybridized carbons (Fsp3) is 0.278. The molecule has 1 aromatic carbocycles. The summed E-state index contributed by atoms with van der Waals surface area (Å²) in [7, 11) is 0. The molecule has 2 aromatic heterocycles. The first kappa shape index (κ1) is 18.7. The van der Waals surface area contributed by atoms with Gasteiger partial charge in [0.1, 0.15) is 23.3 Å². The number of hydrogen-bond donors (Lipinski definition) is 2. The van der Waals surface area contributed by atoms with Crippen molar-refractivity contribution in [2.45, 2.75) is 31.8 Å². The topological polar surface area (TPSA) is 79.9 Å². The van der Waals surface area contributed by atoms with Crippen LogP contribution in [-0.4, -0.2) is 21.1 Å². The monoisotopic (exact) mass is 436 g/mol. The summed E-state index contributed by atoms with van der Waals surface area (Å²) in [4.78, 5) is 23.2. The van der Waals surface area contributed by atoms with Gasteiger partial charge in [-0.1, -0.05) is 0 Å². The highest BCUT2D eigenvalue weighted by molar-refractivity contribution is 9.10. The van der Waals surface area contributed by atoms with Crippen LogP contribution in [0.4, 0.5) is 11.5 Å². The van der Waals surface area contributed by atoms with Crippen LogP contribution < -0.4 is 15.6 Å². The smallest absolute Gasteiger partial charge is 0.261 e. The number of fused-ring (bicyclic) bond motifs is 1. The first-order valence-electron chi connectivity index (χ1n) is 8.26. The number of nitrogens with zero attached hydrogens (tertiary/aromatic N) is 2. The molecule has 0 radical (unpaired) electrons. The van der Waals surface area contributed by atoms with Crippen molar-refractivity contribution in [3.63, 3.8) is 0 Å². The molecular formula is C18H18BrClN4O2. The number of H-pyrrole nitrogens is 1. The molecule has 1 aliphatic rings. The SMILES string of the molecule is Cl.O=c1[nH]cc(Br)c2ncnc(Nc3ccc(OC4CCCC4)cc3)c12. The number of rotatable bonds is 4. The molecule has 6 nitrogen and oxygen atoms in total. The second-order valence-corrected chi connectivity index (χ2v) is 6.94. The third-order valence-electron chi connectivity index (χ3n) is 4.35. The number of hydrogen-bond acceptors (Lipinski definition) is 5. The first-order chi connectivity index (χ1) is 12.2. The zero-order chi connectivity index (χ0) is 17.2. The van der Waals surface area contributed by atoms with Crippen molar-refractivity contribution >= 4 is 50.7 Å². The van der Waals surface area contributed by atoms with Crippen molar-refractivity contribution < 1.29 is 4.74 Å². The van der Waals surface area contributed by atoms with Gasteiger partial charge in [0.15, 0.2) is 0 Å². The number of halogens is 2. The van der Waals surface area contributed by atoms with Crippen LogP contribution in [0.3, 0.4) is 0 Å². The molecule has 0 bridgehead atoms. The molecule has 4 rings (SSSR count). The van der Waals surface area contributed by atoms with Crippen molar-refractivity contribution in [3.8, 4) is 5.75 Å². The maximum atomic E-state index is 12.2. The number of pyridine rings is 1. The molecule has 3 aromatic rings. The van der Waals surface area contributed by atoms with E-state index in [9.17, 15) is 4.79 Å². The fourth-order valence-corrected chi connectivity index (χ4v) is 3.51. The standard InChI is InChI=1S/C18H17BrN4O2.ClH/c19-14-9-20-18(24)15-16(14)21-10-22-17(15)23-11-5-7-13(8-6-11)25-12-3-1-2-4-12;/h5-10,12H,1-4H2,(H,20,24)(H,21,22,23);1H. The van der Waals surface area contributed by atoms with Crippen LogP contribution in [0.1, 0.15) is 25.7 Å². The van der Waals surface area contributed by atoms with Gasteiger partial charge >= 0.3 is 0 Å². The van der Waals surface area contributed by atoms with Crippen molar-refractivity contribution in [2.24, 2.45) is 0 Å². The lowest BCUT2D eigenvalue weighted by molar-refractivity contribution is 0.210.